The van der Waals surface area contributed by atoms with E-state index >= 15 is 0 Å². The Morgan fingerprint density at radius 3 is 2.70 bits per heavy atom. The van der Waals surface area contributed by atoms with Crippen molar-refractivity contribution in [2.45, 2.75) is 32.8 Å². The number of hydrogen-bond donors (Lipinski definition) is 1. The molecule has 2 aromatic rings. The molecule has 1 amide bonds. The summed E-state index contributed by atoms with van der Waals surface area (Å²) in [5.74, 6) is 0.411. The molecule has 122 valence electrons. The number of halogens is 1. The van der Waals surface area contributed by atoms with Crippen LogP contribution < -0.4 is 10.1 Å². The van der Waals surface area contributed by atoms with Crippen molar-refractivity contribution in [1.82, 2.24) is 5.32 Å². The number of nitrogens with one attached hydrogen (secondary N) is 1. The molecule has 0 aliphatic heterocycles. The third-order valence-corrected chi connectivity index (χ3v) is 3.86. The van der Waals surface area contributed by atoms with Crippen LogP contribution >= 0.6 is 11.6 Å². The van der Waals surface area contributed by atoms with Gasteiger partial charge in [0, 0.05) is 6.54 Å². The molecule has 0 fully saturated rings. The zero-order valence-electron chi connectivity index (χ0n) is 13.5. The summed E-state index contributed by atoms with van der Waals surface area (Å²) in [6, 6.07) is 15.7. The van der Waals surface area contributed by atoms with Crippen LogP contribution in [0.1, 0.15) is 24.5 Å². The van der Waals surface area contributed by atoms with Crippen LogP contribution in [0.15, 0.2) is 48.5 Å². The molecule has 0 heterocycles. The van der Waals surface area contributed by atoms with Crippen LogP contribution in [0, 0.1) is 6.92 Å². The highest BCUT2D eigenvalue weighted by Crippen LogP contribution is 2.26. The van der Waals surface area contributed by atoms with Crippen molar-refractivity contribution >= 4 is 17.5 Å². The molecule has 0 aliphatic carbocycles. The van der Waals surface area contributed by atoms with Gasteiger partial charge in [-0.25, -0.2) is 0 Å². The number of ether oxygens (including phenoxy) is 1. The Bertz CT molecular complexity index is 643. The van der Waals surface area contributed by atoms with Gasteiger partial charge >= 0.3 is 0 Å². The second-order valence-corrected chi connectivity index (χ2v) is 5.98. The molecule has 0 bridgehead atoms. The van der Waals surface area contributed by atoms with Crippen LogP contribution in [-0.4, -0.2) is 18.6 Å². The molecule has 0 aromatic heterocycles. The maximum absolute atomic E-state index is 12.1. The van der Waals surface area contributed by atoms with E-state index in [1.54, 1.807) is 13.0 Å². The number of hydrogen-bond acceptors (Lipinski definition) is 2. The van der Waals surface area contributed by atoms with E-state index in [1.807, 2.05) is 37.3 Å². The lowest BCUT2D eigenvalue weighted by Crippen LogP contribution is -2.37. The third-order valence-electron chi connectivity index (χ3n) is 3.54. The number of aryl methyl sites for hydroxylation is 2. The summed E-state index contributed by atoms with van der Waals surface area (Å²) in [5, 5.41) is 3.41. The molecule has 2 rings (SSSR count). The Balaban J connectivity index is 1.75. The van der Waals surface area contributed by atoms with Crippen molar-refractivity contribution in [2.24, 2.45) is 0 Å². The van der Waals surface area contributed by atoms with Gasteiger partial charge in [0.25, 0.3) is 5.91 Å². The summed E-state index contributed by atoms with van der Waals surface area (Å²) in [6.07, 6.45) is 1.26. The number of carbonyl (C=O) groups is 1. The predicted molar refractivity (Wildman–Crippen MR) is 94.1 cm³/mol. The molecule has 0 aliphatic rings. The molecule has 0 radical (unpaired) electrons. The average Bonchev–Trinajstić information content (AvgIpc) is 2.55. The Morgan fingerprint density at radius 1 is 1.22 bits per heavy atom. The van der Waals surface area contributed by atoms with Gasteiger partial charge in [-0.3, -0.25) is 4.79 Å². The van der Waals surface area contributed by atoms with E-state index in [2.05, 4.69) is 17.4 Å². The molecule has 4 heteroatoms. The molecule has 1 N–H and O–H groups in total. The molecular weight excluding hydrogens is 310 g/mol. The smallest absolute Gasteiger partial charge is 0.260 e. The van der Waals surface area contributed by atoms with Crippen LogP contribution in [0.25, 0.3) is 0 Å². The second-order valence-electron chi connectivity index (χ2n) is 5.57. The molecule has 1 unspecified atom stereocenters. The quantitative estimate of drug-likeness (QED) is 0.773. The Labute approximate surface area is 142 Å². The highest BCUT2D eigenvalue weighted by atomic mass is 35.5. The summed E-state index contributed by atoms with van der Waals surface area (Å²) in [7, 11) is 0. The lowest BCUT2D eigenvalue weighted by atomic mass is 10.1. The monoisotopic (exact) mass is 331 g/mol. The predicted octanol–water partition coefficient (Wildman–Crippen LogP) is 4.16. The Kier molecular flexibility index (Phi) is 6.48. The van der Waals surface area contributed by atoms with Crippen molar-refractivity contribution in [3.8, 4) is 5.75 Å². The molecule has 3 nitrogen and oxygen atoms in total. The second kappa shape index (κ2) is 8.59. The first-order valence-corrected chi connectivity index (χ1v) is 8.18. The van der Waals surface area contributed by atoms with E-state index in [0.717, 1.165) is 18.4 Å². The molecule has 23 heavy (non-hydrogen) atoms. The summed E-state index contributed by atoms with van der Waals surface area (Å²) in [5.41, 5.74) is 2.32. The van der Waals surface area contributed by atoms with Gasteiger partial charge in [-0.1, -0.05) is 48.0 Å². The van der Waals surface area contributed by atoms with Crippen molar-refractivity contribution in [1.29, 1.82) is 0 Å². The standard InChI is InChI=1S/C19H22ClNO2/c1-14-10-11-17(20)18(13-14)23-15(2)19(22)21-12-6-9-16-7-4-3-5-8-16/h3-5,7-8,10-11,13,15H,6,9,12H2,1-2H3,(H,21,22). The van der Waals surface area contributed by atoms with Crippen molar-refractivity contribution in [2.75, 3.05) is 6.54 Å². The van der Waals surface area contributed by atoms with Gasteiger partial charge in [0.05, 0.1) is 5.02 Å². The number of rotatable bonds is 7. The fourth-order valence-electron chi connectivity index (χ4n) is 2.24. The summed E-state index contributed by atoms with van der Waals surface area (Å²) in [6.45, 7) is 4.31. The van der Waals surface area contributed by atoms with E-state index < -0.39 is 6.10 Å². The SMILES string of the molecule is Cc1ccc(Cl)c(OC(C)C(=O)NCCCc2ccccc2)c1. The van der Waals surface area contributed by atoms with Gasteiger partial charge in [0.2, 0.25) is 0 Å². The fourth-order valence-corrected chi connectivity index (χ4v) is 2.40. The minimum atomic E-state index is -0.578. The van der Waals surface area contributed by atoms with Crippen molar-refractivity contribution in [3.63, 3.8) is 0 Å². The minimum absolute atomic E-state index is 0.129. The maximum atomic E-state index is 12.1. The highest BCUT2D eigenvalue weighted by Gasteiger charge is 2.15. The van der Waals surface area contributed by atoms with Crippen LogP contribution in [0.4, 0.5) is 0 Å². The first-order valence-electron chi connectivity index (χ1n) is 7.80. The van der Waals surface area contributed by atoms with Crippen molar-refractivity contribution in [3.05, 3.63) is 64.7 Å². The fraction of sp³-hybridized carbons (Fsp3) is 0.316. The van der Waals surface area contributed by atoms with Gasteiger partial charge in [-0.15, -0.1) is 0 Å². The van der Waals surface area contributed by atoms with Crippen LogP contribution in [-0.2, 0) is 11.2 Å². The zero-order valence-corrected chi connectivity index (χ0v) is 14.3. The zero-order chi connectivity index (χ0) is 16.7. The van der Waals surface area contributed by atoms with E-state index in [0.29, 0.717) is 17.3 Å². The van der Waals surface area contributed by atoms with Crippen LogP contribution in [0.2, 0.25) is 5.02 Å². The normalized spacial score (nSPS) is 11.8. The molecule has 0 saturated heterocycles. The number of amides is 1. The topological polar surface area (TPSA) is 38.3 Å². The first-order chi connectivity index (χ1) is 11.1. The van der Waals surface area contributed by atoms with Crippen molar-refractivity contribution < 1.29 is 9.53 Å². The lowest BCUT2D eigenvalue weighted by Gasteiger charge is -2.16. The minimum Gasteiger partial charge on any atom is -0.479 e. The largest absolute Gasteiger partial charge is 0.479 e. The van der Waals surface area contributed by atoms with Gasteiger partial charge in [0.15, 0.2) is 6.10 Å². The number of benzene rings is 2. The van der Waals surface area contributed by atoms with Crippen LogP contribution in [0.3, 0.4) is 0 Å². The van der Waals surface area contributed by atoms with Gasteiger partial charge in [0.1, 0.15) is 5.75 Å². The molecule has 0 saturated carbocycles. The van der Waals surface area contributed by atoms with E-state index in [4.69, 9.17) is 16.3 Å². The van der Waals surface area contributed by atoms with Gasteiger partial charge < -0.3 is 10.1 Å². The van der Waals surface area contributed by atoms with Gasteiger partial charge in [-0.05, 0) is 49.9 Å². The first kappa shape index (κ1) is 17.4. The van der Waals surface area contributed by atoms with Gasteiger partial charge in [-0.2, -0.15) is 0 Å². The summed E-state index contributed by atoms with van der Waals surface area (Å²) < 4.78 is 5.66. The molecule has 0 spiro atoms. The van der Waals surface area contributed by atoms with Crippen LogP contribution in [0.5, 0.6) is 5.75 Å². The maximum Gasteiger partial charge on any atom is 0.260 e. The van der Waals surface area contributed by atoms with E-state index in [-0.39, 0.29) is 5.91 Å². The average molecular weight is 332 g/mol. The Hall–Kier alpha value is -2.00. The summed E-state index contributed by atoms with van der Waals surface area (Å²) in [4.78, 5) is 12.1. The summed E-state index contributed by atoms with van der Waals surface area (Å²) >= 11 is 6.08. The molecule has 2 aromatic carbocycles. The Morgan fingerprint density at radius 2 is 1.96 bits per heavy atom. The highest BCUT2D eigenvalue weighted by molar-refractivity contribution is 6.32. The molecular formula is C19H22ClNO2. The molecule has 1 atom stereocenters. The lowest BCUT2D eigenvalue weighted by molar-refractivity contribution is -0.127. The van der Waals surface area contributed by atoms with E-state index in [1.165, 1.54) is 5.56 Å². The third kappa shape index (κ3) is 5.61. The van der Waals surface area contributed by atoms with E-state index in [9.17, 15) is 4.79 Å². The number of carbonyl (C=O) groups excluding carboxylic acids is 1.